The Hall–Kier alpha value is -3.38. The molecule has 154 valence electrons. The summed E-state index contributed by atoms with van der Waals surface area (Å²) in [4.78, 5) is 4.89. The van der Waals surface area contributed by atoms with E-state index in [0.29, 0.717) is 12.2 Å². The number of hydrogen-bond donors (Lipinski definition) is 2. The summed E-state index contributed by atoms with van der Waals surface area (Å²) in [7, 11) is 3.19. The van der Waals surface area contributed by atoms with Crippen molar-refractivity contribution < 1.29 is 19.0 Å². The van der Waals surface area contributed by atoms with Crippen LogP contribution in [0.3, 0.4) is 0 Å². The third kappa shape index (κ3) is 4.14. The van der Waals surface area contributed by atoms with E-state index in [0.717, 1.165) is 28.2 Å². The molecule has 0 amide bonds. The van der Waals surface area contributed by atoms with Crippen LogP contribution in [-0.2, 0) is 0 Å². The summed E-state index contributed by atoms with van der Waals surface area (Å²) in [5, 5.41) is 14.0. The minimum atomic E-state index is -0.382. The highest BCUT2D eigenvalue weighted by molar-refractivity contribution is 6.02. The van der Waals surface area contributed by atoms with Crippen molar-refractivity contribution in [3.05, 3.63) is 89.2 Å². The van der Waals surface area contributed by atoms with Gasteiger partial charge in [0, 0.05) is 29.8 Å². The van der Waals surface area contributed by atoms with Gasteiger partial charge in [-0.3, -0.25) is 10.3 Å². The fourth-order valence-electron chi connectivity index (χ4n) is 3.64. The van der Waals surface area contributed by atoms with E-state index in [1.54, 1.807) is 32.4 Å². The lowest BCUT2D eigenvalue weighted by Crippen LogP contribution is -2.33. The molecule has 0 radical (unpaired) electrons. The molecule has 2 atom stereocenters. The van der Waals surface area contributed by atoms with E-state index in [1.165, 1.54) is 12.1 Å². The van der Waals surface area contributed by atoms with Crippen molar-refractivity contribution in [2.75, 3.05) is 14.2 Å². The molecule has 1 aliphatic heterocycles. The number of ether oxygens (including phenoxy) is 2. The van der Waals surface area contributed by atoms with Gasteiger partial charge in [0.1, 0.15) is 29.2 Å². The van der Waals surface area contributed by atoms with Crippen molar-refractivity contribution in [2.45, 2.75) is 18.6 Å². The van der Waals surface area contributed by atoms with E-state index in [-0.39, 0.29) is 23.8 Å². The SMILES string of the molecule is COc1cccc(C2=N[C@H](c3ccc(F)cc3)N[C@@H](c3ccc(OC)cc3O)C2)c1. The van der Waals surface area contributed by atoms with Gasteiger partial charge in [-0.15, -0.1) is 0 Å². The van der Waals surface area contributed by atoms with Crippen molar-refractivity contribution in [2.24, 2.45) is 4.99 Å². The molecule has 0 fully saturated rings. The molecule has 0 saturated heterocycles. The molecule has 0 unspecified atom stereocenters. The Kier molecular flexibility index (Phi) is 5.68. The lowest BCUT2D eigenvalue weighted by atomic mass is 9.93. The minimum absolute atomic E-state index is 0.150. The minimum Gasteiger partial charge on any atom is -0.507 e. The number of aliphatic imine (C=N–C) groups is 1. The molecule has 5 nitrogen and oxygen atoms in total. The first-order valence-electron chi connectivity index (χ1n) is 9.67. The zero-order chi connectivity index (χ0) is 21.1. The third-order valence-corrected chi connectivity index (χ3v) is 5.24. The van der Waals surface area contributed by atoms with Crippen LogP contribution in [-0.4, -0.2) is 25.0 Å². The summed E-state index contributed by atoms with van der Waals surface area (Å²) in [6, 6.07) is 19.1. The van der Waals surface area contributed by atoms with Gasteiger partial charge in [-0.1, -0.05) is 30.3 Å². The molecule has 30 heavy (non-hydrogen) atoms. The molecule has 4 rings (SSSR count). The van der Waals surface area contributed by atoms with Crippen molar-refractivity contribution in [1.29, 1.82) is 0 Å². The summed E-state index contributed by atoms with van der Waals surface area (Å²) >= 11 is 0. The number of nitrogens with zero attached hydrogens (tertiary/aromatic N) is 1. The number of phenols is 1. The second kappa shape index (κ2) is 8.55. The molecule has 0 saturated carbocycles. The van der Waals surface area contributed by atoms with Gasteiger partial charge in [-0.2, -0.15) is 0 Å². The van der Waals surface area contributed by atoms with E-state index < -0.39 is 0 Å². The van der Waals surface area contributed by atoms with E-state index in [2.05, 4.69) is 5.32 Å². The van der Waals surface area contributed by atoms with Crippen molar-refractivity contribution >= 4 is 5.71 Å². The van der Waals surface area contributed by atoms with Gasteiger partial charge in [0.2, 0.25) is 0 Å². The van der Waals surface area contributed by atoms with Crippen LogP contribution in [0.15, 0.2) is 71.7 Å². The molecule has 1 aliphatic rings. The van der Waals surface area contributed by atoms with Crippen molar-refractivity contribution in [1.82, 2.24) is 5.32 Å². The average Bonchev–Trinajstić information content (AvgIpc) is 2.79. The third-order valence-electron chi connectivity index (χ3n) is 5.24. The maximum atomic E-state index is 13.4. The number of halogens is 1. The predicted molar refractivity (Wildman–Crippen MR) is 114 cm³/mol. The van der Waals surface area contributed by atoms with Crippen molar-refractivity contribution in [3.8, 4) is 17.2 Å². The summed E-state index contributed by atoms with van der Waals surface area (Å²) in [5.74, 6) is 1.19. The van der Waals surface area contributed by atoms with Crippen LogP contribution in [0.2, 0.25) is 0 Å². The lowest BCUT2D eigenvalue weighted by molar-refractivity contribution is 0.395. The highest BCUT2D eigenvalue weighted by Gasteiger charge is 2.28. The van der Waals surface area contributed by atoms with Crippen LogP contribution in [0.5, 0.6) is 17.2 Å². The summed E-state index contributed by atoms with van der Waals surface area (Å²) in [5.41, 5.74) is 3.41. The Labute approximate surface area is 174 Å². The van der Waals surface area contributed by atoms with Crippen LogP contribution in [0.4, 0.5) is 4.39 Å². The second-order valence-corrected chi connectivity index (χ2v) is 7.11. The Balaban J connectivity index is 1.75. The second-order valence-electron chi connectivity index (χ2n) is 7.11. The van der Waals surface area contributed by atoms with Crippen LogP contribution in [0, 0.1) is 5.82 Å². The highest BCUT2D eigenvalue weighted by Crippen LogP contribution is 2.36. The van der Waals surface area contributed by atoms with E-state index >= 15 is 0 Å². The maximum absolute atomic E-state index is 13.4. The monoisotopic (exact) mass is 406 g/mol. The van der Waals surface area contributed by atoms with Gasteiger partial charge < -0.3 is 14.6 Å². The van der Waals surface area contributed by atoms with Crippen molar-refractivity contribution in [3.63, 3.8) is 0 Å². The number of nitrogens with one attached hydrogen (secondary N) is 1. The zero-order valence-corrected chi connectivity index (χ0v) is 16.8. The van der Waals surface area contributed by atoms with Crippen LogP contribution in [0.25, 0.3) is 0 Å². The number of methoxy groups -OCH3 is 2. The van der Waals surface area contributed by atoms with Gasteiger partial charge in [0.05, 0.1) is 14.2 Å². The number of benzene rings is 3. The quantitative estimate of drug-likeness (QED) is 0.641. The highest BCUT2D eigenvalue weighted by atomic mass is 19.1. The molecule has 0 aliphatic carbocycles. The largest absolute Gasteiger partial charge is 0.507 e. The molecular formula is C24H23FN2O3. The van der Waals surface area contributed by atoms with Gasteiger partial charge in [0.15, 0.2) is 0 Å². The first-order chi connectivity index (χ1) is 14.6. The first kappa shape index (κ1) is 19.9. The fraction of sp³-hybridized carbons (Fsp3) is 0.208. The maximum Gasteiger partial charge on any atom is 0.126 e. The fourth-order valence-corrected chi connectivity index (χ4v) is 3.64. The van der Waals surface area contributed by atoms with E-state index in [1.807, 2.05) is 36.4 Å². The summed E-state index contributed by atoms with van der Waals surface area (Å²) < 4.78 is 24.0. The molecule has 0 spiro atoms. The number of aromatic hydroxyl groups is 1. The molecule has 0 bridgehead atoms. The van der Waals surface area contributed by atoms with Gasteiger partial charge in [-0.05, 0) is 41.5 Å². The zero-order valence-electron chi connectivity index (χ0n) is 16.8. The summed E-state index contributed by atoms with van der Waals surface area (Å²) in [6.07, 6.45) is 0.192. The van der Waals surface area contributed by atoms with E-state index in [9.17, 15) is 9.50 Å². The Morgan fingerprint density at radius 2 is 1.70 bits per heavy atom. The van der Waals surface area contributed by atoms with Gasteiger partial charge >= 0.3 is 0 Å². The van der Waals surface area contributed by atoms with Crippen LogP contribution in [0.1, 0.15) is 35.3 Å². The number of rotatable bonds is 5. The molecular weight excluding hydrogens is 383 g/mol. The van der Waals surface area contributed by atoms with E-state index in [4.69, 9.17) is 14.5 Å². The molecule has 3 aromatic carbocycles. The molecule has 0 aromatic heterocycles. The predicted octanol–water partition coefficient (Wildman–Crippen LogP) is 4.77. The molecule has 6 heteroatoms. The number of phenolic OH excluding ortho intramolecular Hbond substituents is 1. The van der Waals surface area contributed by atoms with Gasteiger partial charge in [0.25, 0.3) is 0 Å². The average molecular weight is 406 g/mol. The lowest BCUT2D eigenvalue weighted by Gasteiger charge is -2.31. The Bertz CT molecular complexity index is 1070. The first-order valence-corrected chi connectivity index (χ1v) is 9.67. The summed E-state index contributed by atoms with van der Waals surface area (Å²) in [6.45, 7) is 0. The van der Waals surface area contributed by atoms with Crippen LogP contribution >= 0.6 is 0 Å². The standard InChI is InChI=1S/C24H23FN2O3/c1-29-18-5-3-4-16(12-18)21-14-22(20-11-10-19(30-2)13-23(20)28)27-24(26-21)15-6-8-17(25)9-7-15/h3-13,22,24,27-28H,14H2,1-2H3/t22-,24+/m1/s1. The number of hydrogen-bond acceptors (Lipinski definition) is 5. The molecule has 3 aromatic rings. The van der Waals surface area contributed by atoms with Crippen LogP contribution < -0.4 is 14.8 Å². The topological polar surface area (TPSA) is 63.1 Å². The van der Waals surface area contributed by atoms with Gasteiger partial charge in [-0.25, -0.2) is 4.39 Å². The smallest absolute Gasteiger partial charge is 0.126 e. The Morgan fingerprint density at radius 3 is 2.40 bits per heavy atom. The molecule has 2 N–H and O–H groups in total. The molecule has 1 heterocycles. The Morgan fingerprint density at radius 1 is 0.967 bits per heavy atom. The normalized spacial score (nSPS) is 18.6.